The van der Waals surface area contributed by atoms with Gasteiger partial charge in [-0.15, -0.1) is 11.3 Å². The third kappa shape index (κ3) is 3.89. The van der Waals surface area contributed by atoms with Gasteiger partial charge < -0.3 is 10.4 Å². The Balaban J connectivity index is 1.73. The first-order chi connectivity index (χ1) is 12.3. The van der Waals surface area contributed by atoms with E-state index in [-0.39, 0.29) is 23.1 Å². The third-order valence-corrected chi connectivity index (χ3v) is 7.46. The van der Waals surface area contributed by atoms with Crippen molar-refractivity contribution < 1.29 is 23.1 Å². The molecule has 1 aromatic heterocycles. The summed E-state index contributed by atoms with van der Waals surface area (Å²) in [4.78, 5) is 23.9. The number of hydrogen-bond acceptors (Lipinski definition) is 5. The summed E-state index contributed by atoms with van der Waals surface area (Å²) in [6, 6.07) is 6.82. The van der Waals surface area contributed by atoms with Gasteiger partial charge in [-0.3, -0.25) is 4.79 Å². The van der Waals surface area contributed by atoms with Gasteiger partial charge in [0.05, 0.1) is 11.7 Å². The summed E-state index contributed by atoms with van der Waals surface area (Å²) < 4.78 is 26.3. The molecule has 1 atom stereocenters. The van der Waals surface area contributed by atoms with Gasteiger partial charge in [-0.05, 0) is 49.4 Å². The van der Waals surface area contributed by atoms with E-state index in [9.17, 15) is 18.0 Å². The van der Waals surface area contributed by atoms with E-state index >= 15 is 0 Å². The first kappa shape index (κ1) is 18.8. The highest BCUT2D eigenvalue weighted by Gasteiger charge is 2.31. The molecule has 140 valence electrons. The molecule has 1 unspecified atom stereocenters. The zero-order valence-corrected chi connectivity index (χ0v) is 15.9. The van der Waals surface area contributed by atoms with Crippen LogP contribution in [0.3, 0.4) is 0 Å². The number of carbonyl (C=O) groups excluding carboxylic acids is 1. The Morgan fingerprint density at radius 3 is 2.81 bits per heavy atom. The second-order valence-electron chi connectivity index (χ2n) is 6.26. The Labute approximate surface area is 155 Å². The molecule has 0 spiro atoms. The highest BCUT2D eigenvalue weighted by atomic mass is 32.2. The second-order valence-corrected chi connectivity index (χ2v) is 9.60. The van der Waals surface area contributed by atoms with E-state index in [0.717, 1.165) is 10.1 Å². The maximum Gasteiger partial charge on any atom is 0.345 e. The minimum Gasteiger partial charge on any atom is -0.477 e. The zero-order chi connectivity index (χ0) is 18.9. The number of aromatic carboxylic acids is 1. The summed E-state index contributed by atoms with van der Waals surface area (Å²) >= 11 is 1.18. The summed E-state index contributed by atoms with van der Waals surface area (Å²) in [5, 5.41) is 12.7. The van der Waals surface area contributed by atoms with Gasteiger partial charge in [-0.25, -0.2) is 17.5 Å². The monoisotopic (exact) mass is 396 g/mol. The number of amides is 1. The van der Waals surface area contributed by atoms with Crippen molar-refractivity contribution in [2.24, 2.45) is 5.92 Å². The predicted octanol–water partition coefficient (Wildman–Crippen LogP) is 2.60. The van der Waals surface area contributed by atoms with Crippen molar-refractivity contribution in [2.75, 3.05) is 24.2 Å². The van der Waals surface area contributed by atoms with Crippen LogP contribution in [0.15, 0.2) is 24.3 Å². The van der Waals surface area contributed by atoms with Gasteiger partial charge in [0, 0.05) is 23.5 Å². The van der Waals surface area contributed by atoms with Gasteiger partial charge in [-0.2, -0.15) is 0 Å². The lowest BCUT2D eigenvalue weighted by molar-refractivity contribution is -0.120. The van der Waals surface area contributed by atoms with E-state index in [4.69, 9.17) is 5.11 Å². The summed E-state index contributed by atoms with van der Waals surface area (Å²) in [6.45, 7) is 2.26. The van der Waals surface area contributed by atoms with E-state index in [2.05, 4.69) is 5.32 Å². The molecule has 2 aromatic rings. The predicted molar refractivity (Wildman–Crippen MR) is 101 cm³/mol. The maximum atomic E-state index is 12.6. The minimum atomic E-state index is -3.30. The molecule has 7 nitrogen and oxygen atoms in total. The summed E-state index contributed by atoms with van der Waals surface area (Å²) in [5.74, 6) is -1.55. The topological polar surface area (TPSA) is 104 Å². The van der Waals surface area contributed by atoms with Crippen molar-refractivity contribution in [3.63, 3.8) is 0 Å². The van der Waals surface area contributed by atoms with Crippen LogP contribution < -0.4 is 5.32 Å². The molecule has 1 fully saturated rings. The zero-order valence-electron chi connectivity index (χ0n) is 14.3. The maximum absolute atomic E-state index is 12.6. The summed E-state index contributed by atoms with van der Waals surface area (Å²) in [7, 11) is -3.30. The molecule has 1 amide bonds. The number of carboxylic acid groups (broad SMARTS) is 1. The Kier molecular flexibility index (Phi) is 5.31. The van der Waals surface area contributed by atoms with Crippen LogP contribution in [0.5, 0.6) is 0 Å². The largest absolute Gasteiger partial charge is 0.477 e. The number of fused-ring (bicyclic) bond motifs is 1. The first-order valence-electron chi connectivity index (χ1n) is 8.35. The van der Waals surface area contributed by atoms with E-state index in [1.165, 1.54) is 15.6 Å². The Hall–Kier alpha value is -1.97. The van der Waals surface area contributed by atoms with Gasteiger partial charge in [0.1, 0.15) is 4.88 Å². The molecule has 1 aromatic carbocycles. The smallest absolute Gasteiger partial charge is 0.345 e. The molecule has 0 bridgehead atoms. The lowest BCUT2D eigenvalue weighted by atomic mass is 9.98. The van der Waals surface area contributed by atoms with Crippen molar-refractivity contribution in [1.82, 2.24) is 4.31 Å². The van der Waals surface area contributed by atoms with Crippen LogP contribution in [-0.4, -0.2) is 48.5 Å². The fourth-order valence-electron chi connectivity index (χ4n) is 3.06. The van der Waals surface area contributed by atoms with Crippen LogP contribution in [0.1, 0.15) is 29.4 Å². The number of nitrogens with zero attached hydrogens (tertiary/aromatic N) is 1. The number of carbonyl (C=O) groups is 2. The molecule has 1 aliphatic rings. The van der Waals surface area contributed by atoms with Gasteiger partial charge in [-0.1, -0.05) is 0 Å². The molecular weight excluding hydrogens is 376 g/mol. The van der Waals surface area contributed by atoms with Crippen molar-refractivity contribution in [3.05, 3.63) is 29.1 Å². The lowest BCUT2D eigenvalue weighted by Crippen LogP contribution is -2.44. The number of thiophene rings is 1. The molecule has 2 N–H and O–H groups in total. The van der Waals surface area contributed by atoms with Gasteiger partial charge in [0.2, 0.25) is 15.9 Å². The van der Waals surface area contributed by atoms with E-state index in [1.54, 1.807) is 31.2 Å². The van der Waals surface area contributed by atoms with Gasteiger partial charge >= 0.3 is 5.97 Å². The van der Waals surface area contributed by atoms with Crippen molar-refractivity contribution >= 4 is 49.0 Å². The average molecular weight is 396 g/mol. The number of benzene rings is 1. The van der Waals surface area contributed by atoms with E-state index in [1.807, 2.05) is 0 Å². The third-order valence-electron chi connectivity index (χ3n) is 4.51. The molecule has 2 heterocycles. The number of sulfonamides is 1. The van der Waals surface area contributed by atoms with Gasteiger partial charge in [0.25, 0.3) is 0 Å². The van der Waals surface area contributed by atoms with Crippen LogP contribution in [0.2, 0.25) is 0 Å². The fraction of sp³-hybridized carbons (Fsp3) is 0.412. The second kappa shape index (κ2) is 7.34. The normalized spacial score (nSPS) is 18.7. The first-order valence-corrected chi connectivity index (χ1v) is 10.8. The van der Waals surface area contributed by atoms with E-state index in [0.29, 0.717) is 25.1 Å². The summed E-state index contributed by atoms with van der Waals surface area (Å²) in [6.07, 6.45) is 1.30. The van der Waals surface area contributed by atoms with Crippen molar-refractivity contribution in [2.45, 2.75) is 19.8 Å². The molecule has 26 heavy (non-hydrogen) atoms. The molecule has 0 saturated carbocycles. The number of anilines is 1. The number of hydrogen-bond donors (Lipinski definition) is 2. The van der Waals surface area contributed by atoms with Crippen LogP contribution in [0.25, 0.3) is 10.1 Å². The average Bonchev–Trinajstić information content (AvgIpc) is 3.05. The molecule has 0 radical (unpaired) electrons. The fourth-order valence-corrected chi connectivity index (χ4v) is 5.12. The lowest BCUT2D eigenvalue weighted by Gasteiger charge is -2.30. The Morgan fingerprint density at radius 1 is 1.35 bits per heavy atom. The molecule has 0 aliphatic carbocycles. The number of nitrogens with one attached hydrogen (secondary N) is 1. The minimum absolute atomic E-state index is 0.0298. The molecular formula is C17H20N2O5S2. The van der Waals surface area contributed by atoms with E-state index < -0.39 is 21.9 Å². The number of piperidine rings is 1. The molecule has 9 heteroatoms. The standard InChI is InChI=1S/C17H20N2O5S2/c1-2-26(23,24)19-7-3-4-11(10-19)16(20)18-13-5-6-14-12(8-13)9-15(25-14)17(21)22/h5-6,8-9,11H,2-4,7,10H2,1H3,(H,18,20)(H,21,22). The van der Waals surface area contributed by atoms with Crippen LogP contribution in [0, 0.1) is 5.92 Å². The molecule has 1 saturated heterocycles. The highest BCUT2D eigenvalue weighted by Crippen LogP contribution is 2.29. The SMILES string of the molecule is CCS(=O)(=O)N1CCCC(C(=O)Nc2ccc3sc(C(=O)O)cc3c2)C1. The molecule has 3 rings (SSSR count). The van der Waals surface area contributed by atoms with Crippen LogP contribution in [-0.2, 0) is 14.8 Å². The quantitative estimate of drug-likeness (QED) is 0.808. The highest BCUT2D eigenvalue weighted by molar-refractivity contribution is 7.89. The van der Waals surface area contributed by atoms with Gasteiger partial charge in [0.15, 0.2) is 0 Å². The van der Waals surface area contributed by atoms with Crippen molar-refractivity contribution in [3.8, 4) is 0 Å². The Morgan fingerprint density at radius 2 is 2.12 bits per heavy atom. The van der Waals surface area contributed by atoms with Crippen LogP contribution >= 0.6 is 11.3 Å². The Bertz CT molecular complexity index is 951. The van der Waals surface area contributed by atoms with Crippen LogP contribution in [0.4, 0.5) is 5.69 Å². The molecule has 1 aliphatic heterocycles. The summed E-state index contributed by atoms with van der Waals surface area (Å²) in [5.41, 5.74) is 0.577. The number of carboxylic acids is 1. The number of rotatable bonds is 5. The van der Waals surface area contributed by atoms with Crippen molar-refractivity contribution in [1.29, 1.82) is 0 Å².